The molecule has 25 heavy (non-hydrogen) atoms. The number of aromatic nitrogens is 3. The monoisotopic (exact) mass is 359 g/mol. The topological polar surface area (TPSA) is 56.4 Å². The molecule has 0 aliphatic carbocycles. The number of pyridine rings is 1. The maximum absolute atomic E-state index is 14.7. The van der Waals surface area contributed by atoms with Gasteiger partial charge in [0.15, 0.2) is 17.9 Å². The highest BCUT2D eigenvalue weighted by atomic mass is 35.5. The Morgan fingerprint density at radius 2 is 1.96 bits per heavy atom. The molecule has 1 aromatic carbocycles. The van der Waals surface area contributed by atoms with E-state index in [-0.39, 0.29) is 27.3 Å². The first kappa shape index (κ1) is 15.5. The minimum atomic E-state index is -0.844. The average Bonchev–Trinajstić information content (AvgIpc) is 2.88. The van der Waals surface area contributed by atoms with Gasteiger partial charge in [0.25, 0.3) is 5.56 Å². The average molecular weight is 360 g/mol. The van der Waals surface area contributed by atoms with Crippen molar-refractivity contribution < 1.29 is 13.6 Å². The molecule has 124 valence electrons. The molecule has 0 aliphatic heterocycles. The van der Waals surface area contributed by atoms with Crippen LogP contribution in [-0.4, -0.2) is 20.2 Å². The van der Waals surface area contributed by atoms with Gasteiger partial charge < -0.3 is 4.40 Å². The number of halogens is 3. The van der Waals surface area contributed by atoms with Gasteiger partial charge in [-0.15, -0.1) is 0 Å². The summed E-state index contributed by atoms with van der Waals surface area (Å²) in [5, 5.41) is 0.111. The van der Waals surface area contributed by atoms with Crippen molar-refractivity contribution in [2.45, 2.75) is 0 Å². The summed E-state index contributed by atoms with van der Waals surface area (Å²) in [4.78, 5) is 28.1. The number of nitrogens with zero attached hydrogens (tertiary/aromatic N) is 3. The molecule has 0 bridgehead atoms. The maximum Gasteiger partial charge on any atom is 0.283 e. The predicted octanol–water partition coefficient (Wildman–Crippen LogP) is 3.38. The van der Waals surface area contributed by atoms with Crippen LogP contribution < -0.4 is 5.56 Å². The van der Waals surface area contributed by atoms with Gasteiger partial charge in [0.05, 0.1) is 16.1 Å². The number of rotatable bonds is 2. The number of benzene rings is 1. The number of fused-ring (bicyclic) bond motifs is 3. The lowest BCUT2D eigenvalue weighted by Crippen LogP contribution is -2.22. The molecule has 0 unspecified atom stereocenters. The molecular formula is C17H8ClF2N3O2. The second-order valence-corrected chi connectivity index (χ2v) is 5.72. The van der Waals surface area contributed by atoms with Gasteiger partial charge in [0, 0.05) is 24.0 Å². The van der Waals surface area contributed by atoms with Crippen molar-refractivity contribution in [3.8, 4) is 5.82 Å². The highest BCUT2D eigenvalue weighted by Gasteiger charge is 2.19. The second-order valence-electron chi connectivity index (χ2n) is 5.32. The Morgan fingerprint density at radius 1 is 1.16 bits per heavy atom. The summed E-state index contributed by atoms with van der Waals surface area (Å²) in [5.41, 5.74) is -0.651. The quantitative estimate of drug-likeness (QED) is 0.515. The van der Waals surface area contributed by atoms with E-state index < -0.39 is 17.2 Å². The van der Waals surface area contributed by atoms with Gasteiger partial charge in [-0.05, 0) is 24.3 Å². The van der Waals surface area contributed by atoms with E-state index in [2.05, 4.69) is 4.98 Å². The third-order valence-electron chi connectivity index (χ3n) is 3.95. The van der Waals surface area contributed by atoms with Crippen LogP contribution in [0.2, 0.25) is 5.02 Å². The fourth-order valence-corrected chi connectivity index (χ4v) is 3.01. The molecule has 0 radical (unpaired) electrons. The molecule has 0 amide bonds. The molecule has 5 nitrogen and oxygen atoms in total. The molecule has 0 spiro atoms. The normalized spacial score (nSPS) is 11.3. The smallest absolute Gasteiger partial charge is 0.283 e. The molecule has 0 saturated carbocycles. The zero-order valence-corrected chi connectivity index (χ0v) is 13.2. The number of hydrogen-bond acceptors (Lipinski definition) is 3. The summed E-state index contributed by atoms with van der Waals surface area (Å²) in [7, 11) is 0. The van der Waals surface area contributed by atoms with E-state index in [1.165, 1.54) is 41.2 Å². The van der Waals surface area contributed by atoms with Crippen molar-refractivity contribution >= 4 is 34.3 Å². The van der Waals surface area contributed by atoms with Crippen molar-refractivity contribution in [1.29, 1.82) is 0 Å². The van der Waals surface area contributed by atoms with Gasteiger partial charge in [-0.25, -0.2) is 13.8 Å². The Kier molecular flexibility index (Phi) is 3.40. The molecule has 0 atom stereocenters. The summed E-state index contributed by atoms with van der Waals surface area (Å²) in [6, 6.07) is 5.00. The van der Waals surface area contributed by atoms with Crippen LogP contribution in [0.15, 0.2) is 47.7 Å². The van der Waals surface area contributed by atoms with Gasteiger partial charge >= 0.3 is 0 Å². The zero-order chi connectivity index (χ0) is 17.7. The summed E-state index contributed by atoms with van der Waals surface area (Å²) >= 11 is 5.96. The van der Waals surface area contributed by atoms with Crippen LogP contribution >= 0.6 is 11.6 Å². The van der Waals surface area contributed by atoms with Gasteiger partial charge in [0.1, 0.15) is 11.3 Å². The summed E-state index contributed by atoms with van der Waals surface area (Å²) in [6.45, 7) is 0. The van der Waals surface area contributed by atoms with Crippen LogP contribution in [-0.2, 0) is 0 Å². The number of carbonyl (C=O) groups is 1. The number of hydrogen-bond donors (Lipinski definition) is 0. The van der Waals surface area contributed by atoms with Crippen molar-refractivity contribution in [2.75, 3.05) is 0 Å². The third-order valence-corrected chi connectivity index (χ3v) is 4.28. The van der Waals surface area contributed by atoms with Gasteiger partial charge in [-0.3, -0.25) is 14.2 Å². The van der Waals surface area contributed by atoms with Gasteiger partial charge in [-0.1, -0.05) is 11.6 Å². The van der Waals surface area contributed by atoms with E-state index in [0.717, 1.165) is 10.6 Å². The van der Waals surface area contributed by atoms with E-state index in [4.69, 9.17) is 11.6 Å². The van der Waals surface area contributed by atoms with Crippen LogP contribution in [0.1, 0.15) is 10.4 Å². The lowest BCUT2D eigenvalue weighted by atomic mass is 10.2. The first-order valence-electron chi connectivity index (χ1n) is 7.13. The molecule has 4 aromatic rings. The van der Waals surface area contributed by atoms with Crippen molar-refractivity contribution in [2.24, 2.45) is 0 Å². The summed E-state index contributed by atoms with van der Waals surface area (Å²) in [6.07, 6.45) is 4.60. The highest BCUT2D eigenvalue weighted by molar-refractivity contribution is 6.33. The van der Waals surface area contributed by atoms with Gasteiger partial charge in [0.2, 0.25) is 0 Å². The van der Waals surface area contributed by atoms with Crippen molar-refractivity contribution in [3.63, 3.8) is 0 Å². The molecule has 3 heterocycles. The maximum atomic E-state index is 14.7. The van der Waals surface area contributed by atoms with Crippen LogP contribution in [0.4, 0.5) is 8.78 Å². The standard InChI is InChI=1S/C17H8ClF2N3O2/c18-12-3-4-21-16(11(12)8-24)23-6-5-22-13-2-1-9(19)7-10(13)14(20)15(22)17(23)25/h1-8H. The molecular weight excluding hydrogens is 352 g/mol. The van der Waals surface area contributed by atoms with E-state index in [1.54, 1.807) is 0 Å². The minimum absolute atomic E-state index is 0.00848. The van der Waals surface area contributed by atoms with Crippen LogP contribution in [0, 0.1) is 11.6 Å². The molecule has 3 aromatic heterocycles. The van der Waals surface area contributed by atoms with Crippen molar-refractivity contribution in [3.05, 3.63) is 75.4 Å². The van der Waals surface area contributed by atoms with Crippen LogP contribution in [0.25, 0.3) is 22.2 Å². The lowest BCUT2D eigenvalue weighted by molar-refractivity contribution is 0.112. The van der Waals surface area contributed by atoms with E-state index in [1.807, 2.05) is 0 Å². The van der Waals surface area contributed by atoms with Crippen molar-refractivity contribution in [1.82, 2.24) is 14.0 Å². The molecule has 0 saturated heterocycles. The lowest BCUT2D eigenvalue weighted by Gasteiger charge is -2.09. The Balaban J connectivity index is 2.13. The first-order chi connectivity index (χ1) is 12.0. The summed E-state index contributed by atoms with van der Waals surface area (Å²) in [5.74, 6) is -1.46. The minimum Gasteiger partial charge on any atom is -0.308 e. The van der Waals surface area contributed by atoms with E-state index in [0.29, 0.717) is 11.8 Å². The van der Waals surface area contributed by atoms with E-state index in [9.17, 15) is 18.4 Å². The van der Waals surface area contributed by atoms with E-state index >= 15 is 0 Å². The molecule has 0 N–H and O–H groups in total. The molecule has 8 heteroatoms. The Hall–Kier alpha value is -3.06. The second kappa shape index (κ2) is 5.49. The highest BCUT2D eigenvalue weighted by Crippen LogP contribution is 2.25. The number of aldehydes is 1. The predicted molar refractivity (Wildman–Crippen MR) is 88.6 cm³/mol. The number of carbonyl (C=O) groups excluding carboxylic acids is 1. The largest absolute Gasteiger partial charge is 0.308 e. The van der Waals surface area contributed by atoms with Crippen LogP contribution in [0.3, 0.4) is 0 Å². The Morgan fingerprint density at radius 3 is 2.72 bits per heavy atom. The fraction of sp³-hybridized carbons (Fsp3) is 0. The van der Waals surface area contributed by atoms with Crippen LogP contribution in [0.5, 0.6) is 0 Å². The summed E-state index contributed by atoms with van der Waals surface area (Å²) < 4.78 is 30.5. The first-order valence-corrected chi connectivity index (χ1v) is 7.51. The van der Waals surface area contributed by atoms with Gasteiger partial charge in [-0.2, -0.15) is 0 Å². The molecule has 0 aliphatic rings. The molecule has 4 rings (SSSR count). The Bertz CT molecular complexity index is 1230. The SMILES string of the molecule is O=Cc1c(Cl)ccnc1-n1ccn2c(c(F)c3cc(F)ccc32)c1=O. The third kappa shape index (κ3) is 2.16. The molecule has 0 fully saturated rings. The fourth-order valence-electron chi connectivity index (χ4n) is 2.82. The Labute approximate surface area is 143 Å². The zero-order valence-electron chi connectivity index (χ0n) is 12.4.